The topological polar surface area (TPSA) is 167 Å². The van der Waals surface area contributed by atoms with Crippen LogP contribution in [0.25, 0.3) is 0 Å². The number of benzene rings is 7. The lowest BCUT2D eigenvalue weighted by Crippen LogP contribution is -2.49. The first-order chi connectivity index (χ1) is 60.4. The first-order valence-electron chi connectivity index (χ1n) is 44.3. The van der Waals surface area contributed by atoms with Gasteiger partial charge in [-0.25, -0.2) is 0 Å². The van der Waals surface area contributed by atoms with Crippen LogP contribution >= 0.6 is 123 Å². The van der Waals surface area contributed by atoms with Gasteiger partial charge in [0.1, 0.15) is 34.6 Å². The van der Waals surface area contributed by atoms with Crippen molar-refractivity contribution in [1.29, 1.82) is 0 Å². The van der Waals surface area contributed by atoms with Gasteiger partial charge in [0, 0.05) is 109 Å². The lowest BCUT2D eigenvalue weighted by atomic mass is 10.0. The third-order valence-corrected chi connectivity index (χ3v) is 30.0. The molecule has 5 fully saturated rings. The summed E-state index contributed by atoms with van der Waals surface area (Å²) < 4.78 is 34.3. The molecule has 0 aromatic heterocycles. The largest absolute Gasteiger partial charge is 0.498 e. The predicted octanol–water partition coefficient (Wildman–Crippen LogP) is 23.9. The number of allylic oxidation sites excluding steroid dienone is 10. The van der Waals surface area contributed by atoms with Crippen molar-refractivity contribution in [2.75, 3.05) is 97.3 Å². The lowest BCUT2D eigenvalue weighted by Gasteiger charge is -2.30. The fraction of sp³-hybridized carbons (Fsp3) is 0.444. The summed E-state index contributed by atoms with van der Waals surface area (Å²) in [6.45, 7) is 20.4. The van der Waals surface area contributed by atoms with E-state index in [-0.39, 0.29) is 24.6 Å². The van der Waals surface area contributed by atoms with Crippen molar-refractivity contribution in [3.63, 3.8) is 0 Å². The van der Waals surface area contributed by atoms with Crippen molar-refractivity contribution in [3.05, 3.63) is 273 Å². The van der Waals surface area contributed by atoms with E-state index in [0.29, 0.717) is 30.7 Å². The highest BCUT2D eigenvalue weighted by Crippen LogP contribution is 2.42. The molecule has 5 aliphatic heterocycles. The van der Waals surface area contributed by atoms with Gasteiger partial charge in [-0.3, -0.25) is 47.5 Å². The molecule has 15 nitrogen and oxygen atoms in total. The second kappa shape index (κ2) is 53.7. The minimum atomic E-state index is 0.215. The molecule has 0 spiro atoms. The Bertz CT molecular complexity index is 4650. The Labute approximate surface area is 788 Å². The number of rotatable bonds is 30. The van der Waals surface area contributed by atoms with E-state index in [1.54, 1.807) is 7.11 Å². The summed E-state index contributed by atoms with van der Waals surface area (Å²) in [6.07, 6.45) is 31.1. The predicted molar refractivity (Wildman–Crippen MR) is 536 cm³/mol. The Kier molecular flexibility index (Phi) is 42.3. The maximum absolute atomic E-state index is 6.34. The highest BCUT2D eigenvalue weighted by Gasteiger charge is 2.28. The number of thioether (sulfide) groups is 5. The van der Waals surface area contributed by atoms with Gasteiger partial charge in [0.25, 0.3) is 0 Å². The minimum Gasteiger partial charge on any atom is -0.498 e. The molecule has 0 amide bonds. The summed E-state index contributed by atoms with van der Waals surface area (Å²) in [4.78, 5) is 11.3. The molecule has 1 saturated carbocycles. The van der Waals surface area contributed by atoms with E-state index in [1.807, 2.05) is 90.0 Å². The maximum Gasteiger partial charge on any atom is 0.129 e. The van der Waals surface area contributed by atoms with Crippen LogP contribution in [0, 0.1) is 11.8 Å². The van der Waals surface area contributed by atoms with Crippen LogP contribution in [0.4, 0.5) is 0 Å². The molecule has 24 heteroatoms. The van der Waals surface area contributed by atoms with E-state index in [2.05, 4.69) is 307 Å². The molecular weight excluding hydrogens is 1890 g/mol. The van der Waals surface area contributed by atoms with Crippen LogP contribution < -0.4 is 62.1 Å². The van der Waals surface area contributed by atoms with Gasteiger partial charge in [0.2, 0.25) is 0 Å². The summed E-state index contributed by atoms with van der Waals surface area (Å²) in [5, 5.41) is 32.0. The molecule has 0 radical (unpaired) electrons. The molecule has 4 aliphatic carbocycles. The summed E-state index contributed by atoms with van der Waals surface area (Å²) in [5.41, 5.74) is 10.4. The number of hydrogen-bond acceptors (Lipinski definition) is 20. The average molecular weight is 2020 g/mol. The molecule has 9 aliphatic rings. The quantitative estimate of drug-likeness (QED) is 0.0195. The van der Waals surface area contributed by atoms with Gasteiger partial charge in [0.05, 0.1) is 57.2 Å². The van der Waals surface area contributed by atoms with Gasteiger partial charge in [0.15, 0.2) is 0 Å². The zero-order valence-corrected chi connectivity index (χ0v) is 82.5. The third kappa shape index (κ3) is 31.3. The van der Waals surface area contributed by atoms with E-state index in [4.69, 9.17) is 23.7 Å². The number of nitrogens with zero attached hydrogens (tertiary/aromatic N) is 1. The van der Waals surface area contributed by atoms with Gasteiger partial charge in [-0.05, 0) is 285 Å². The van der Waals surface area contributed by atoms with E-state index in [1.165, 1.54) is 129 Å². The van der Waals surface area contributed by atoms with Crippen LogP contribution in [0.15, 0.2) is 259 Å². The Morgan fingerprint density at radius 2 is 0.927 bits per heavy atom. The number of aliphatic imine (C=N–C) groups is 1. The van der Waals surface area contributed by atoms with E-state index >= 15 is 0 Å². The summed E-state index contributed by atoms with van der Waals surface area (Å²) >= 11 is 24.0. The number of methoxy groups -OCH3 is 1. The SMILES string of the molecule is Brc1ccc(OC2CCCC2)c(CSc2ccccc2C2NCCCN2)c1.CC(C)OC1=CC=C(Br)CC1CSc1ccccc1C1NCCCN1.CCCOC1=CC=C(Br)CC1CSc1ccccc1C1=NCCCN1.CCOc1ccc(Br)cc1CSc1ccccc1C1NCCCN1.COc1ccccc1CSC1=CCCC=C1C1NCCCN1. The van der Waals surface area contributed by atoms with Crippen molar-refractivity contribution in [3.8, 4) is 17.2 Å². The smallest absolute Gasteiger partial charge is 0.129 e. The number of nitrogens with one attached hydrogen (secondary N) is 9. The van der Waals surface area contributed by atoms with Crippen molar-refractivity contribution in [2.24, 2.45) is 16.8 Å². The van der Waals surface area contributed by atoms with Crippen molar-refractivity contribution in [2.45, 2.75) is 191 Å². The molecule has 2 unspecified atom stereocenters. The van der Waals surface area contributed by atoms with E-state index in [0.717, 1.165) is 183 Å². The normalized spacial score (nSPS) is 19.2. The van der Waals surface area contributed by atoms with Crippen LogP contribution in [-0.2, 0) is 26.7 Å². The average Bonchev–Trinajstić information content (AvgIpc) is 1.30. The third-order valence-electron chi connectivity index (χ3n) is 21.9. The Morgan fingerprint density at radius 1 is 0.447 bits per heavy atom. The van der Waals surface area contributed by atoms with Crippen LogP contribution in [0.3, 0.4) is 0 Å². The number of halogens is 4. The maximum atomic E-state index is 6.34. The number of amidine groups is 1. The first-order valence-corrected chi connectivity index (χ1v) is 52.4. The Hall–Kier alpha value is -5.20. The standard InChI is InChI=1S/C22H27BrN2OS.C20H27BrN2OS.C20H25BrN2OS.C19H23BrN2OS.C18H24N2OS/c23-17-10-11-20(26-18-6-1-2-7-18)16(14-17)15-27-21-9-4-3-8-19(21)22-24-12-5-13-25-22;1-14(2)24-18-9-8-16(21)12-15(18)13-25-19-7-4-3-6-17(19)20-22-10-5-11-23-20;1-2-12-24-18-9-8-16(21)13-15(18)14-25-19-7-4-3-6-17(19)20-22-10-5-11-23-20;1-2-23-17-9-8-15(20)12-14(17)13-24-18-7-4-3-6-16(18)19-21-10-5-11-22-19;1-21-16-9-4-2-7-14(16)13-22-17-10-5-3-8-15(17)18-19-11-6-12-20-18/h3-4,8-11,14,18,22,24-25H,1-2,5-7,12-13,15H2;3-4,6-9,14-15,20,22-23H,5,10-13H2,1-2H3;3-4,6-9,15H,2,5,10-14H2,1H3,(H,22,23);3-4,6-9,12,19,21-22H,2,5,10-11,13H2,1H3;2,4,7-10,18-20H,3,5-6,11-13H2,1H3. The highest BCUT2D eigenvalue weighted by atomic mass is 79.9. The molecule has 660 valence electrons. The van der Waals surface area contributed by atoms with E-state index in [9.17, 15) is 0 Å². The summed E-state index contributed by atoms with van der Waals surface area (Å²) in [6, 6.07) is 55.6. The van der Waals surface area contributed by atoms with Crippen LogP contribution in [0.5, 0.6) is 17.2 Å². The zero-order chi connectivity index (χ0) is 85.6. The van der Waals surface area contributed by atoms with Gasteiger partial charge in [-0.2, -0.15) is 0 Å². The molecule has 7 aromatic carbocycles. The number of para-hydroxylation sites is 1. The van der Waals surface area contributed by atoms with Gasteiger partial charge in [-0.1, -0.05) is 174 Å². The second-order valence-corrected chi connectivity index (χ2v) is 40.7. The zero-order valence-electron chi connectivity index (χ0n) is 72.1. The molecular formula is C99H126Br4N10O5S5. The van der Waals surface area contributed by atoms with Gasteiger partial charge < -0.3 is 29.0 Å². The number of ether oxygens (including phenoxy) is 5. The molecule has 123 heavy (non-hydrogen) atoms. The van der Waals surface area contributed by atoms with E-state index < -0.39 is 0 Å². The molecule has 16 rings (SSSR count). The Balaban J connectivity index is 0.000000141. The molecule has 2 atom stereocenters. The van der Waals surface area contributed by atoms with Crippen molar-refractivity contribution >= 4 is 128 Å². The molecule has 5 heterocycles. The fourth-order valence-electron chi connectivity index (χ4n) is 15.7. The van der Waals surface area contributed by atoms with Gasteiger partial charge >= 0.3 is 0 Å². The van der Waals surface area contributed by atoms with Crippen molar-refractivity contribution in [1.82, 2.24) is 47.9 Å². The molecule has 9 N–H and O–H groups in total. The summed E-state index contributed by atoms with van der Waals surface area (Å²) in [7, 11) is 1.74. The lowest BCUT2D eigenvalue weighted by molar-refractivity contribution is 0.123. The highest BCUT2D eigenvalue weighted by molar-refractivity contribution is 9.12. The van der Waals surface area contributed by atoms with Crippen LogP contribution in [-0.4, -0.2) is 121 Å². The number of hydrogen-bond donors (Lipinski definition) is 9. The molecule has 7 aromatic rings. The summed E-state index contributed by atoms with van der Waals surface area (Å²) in [5.74, 6) is 11.8. The second-order valence-electron chi connectivity index (χ2n) is 31.6. The molecule has 4 saturated heterocycles. The van der Waals surface area contributed by atoms with Crippen molar-refractivity contribution < 1.29 is 23.7 Å². The monoisotopic (exact) mass is 2010 g/mol. The minimum absolute atomic E-state index is 0.215. The Morgan fingerprint density at radius 3 is 1.47 bits per heavy atom. The first kappa shape index (κ1) is 96.9. The fourth-order valence-corrected chi connectivity index (χ4v) is 23.2. The van der Waals surface area contributed by atoms with Crippen LogP contribution in [0.2, 0.25) is 0 Å². The van der Waals surface area contributed by atoms with Gasteiger partial charge in [-0.15, -0.1) is 58.8 Å². The molecule has 0 bridgehead atoms. The van der Waals surface area contributed by atoms with Crippen LogP contribution in [0.1, 0.15) is 175 Å².